The molecule has 3 N–H and O–H groups in total. The Bertz CT molecular complexity index is 1370. The summed E-state index contributed by atoms with van der Waals surface area (Å²) in [6.07, 6.45) is 3.91. The fourth-order valence-electron chi connectivity index (χ4n) is 4.04. The zero-order valence-corrected chi connectivity index (χ0v) is 19.0. The highest BCUT2D eigenvalue weighted by Crippen LogP contribution is 2.32. The Hall–Kier alpha value is -3.51. The quantitative estimate of drug-likeness (QED) is 0.342. The summed E-state index contributed by atoms with van der Waals surface area (Å²) < 4.78 is 0. The molecule has 0 fully saturated rings. The van der Waals surface area contributed by atoms with E-state index in [9.17, 15) is 0 Å². The van der Waals surface area contributed by atoms with E-state index < -0.39 is 0 Å². The van der Waals surface area contributed by atoms with E-state index in [1.54, 1.807) is 0 Å². The summed E-state index contributed by atoms with van der Waals surface area (Å²) in [5.74, 6) is 0.768. The van der Waals surface area contributed by atoms with Gasteiger partial charge in [0.05, 0.1) is 16.6 Å². The van der Waals surface area contributed by atoms with Crippen molar-refractivity contribution in [2.75, 3.05) is 6.54 Å². The van der Waals surface area contributed by atoms with Crippen molar-refractivity contribution in [1.82, 2.24) is 30.5 Å². The van der Waals surface area contributed by atoms with E-state index in [4.69, 9.17) is 4.98 Å². The molecule has 0 bridgehead atoms. The maximum Gasteiger partial charge on any atom is 0.159 e. The molecular formula is C26H28N6. The molecule has 0 aliphatic rings. The zero-order chi connectivity index (χ0) is 22.3. The third kappa shape index (κ3) is 3.89. The smallest absolute Gasteiger partial charge is 0.159 e. The highest BCUT2D eigenvalue weighted by Gasteiger charge is 2.15. The second-order valence-corrected chi connectivity index (χ2v) is 9.57. The Kier molecular flexibility index (Phi) is 5.02. The van der Waals surface area contributed by atoms with E-state index in [0.717, 1.165) is 57.7 Å². The van der Waals surface area contributed by atoms with Crippen molar-refractivity contribution in [3.05, 3.63) is 66.0 Å². The Morgan fingerprint density at radius 2 is 1.84 bits per heavy atom. The predicted octanol–water partition coefficient (Wildman–Crippen LogP) is 5.61. The number of para-hydroxylation sites is 2. The minimum atomic E-state index is 0.248. The first-order chi connectivity index (χ1) is 15.4. The van der Waals surface area contributed by atoms with E-state index >= 15 is 0 Å². The maximum atomic E-state index is 4.73. The standard InChI is InChI=1S/C26H28N6/c1-16-18(13-28-15-26(2,3)4)12-27-14-20(16)17-9-10-21-19(11-17)24(32-31-21)25-29-22-7-5-6-8-23(22)30-25/h5-12,14,28H,13,15H2,1-4H3,(H,29,30)(H,31,32). The molecule has 0 radical (unpaired) electrons. The summed E-state index contributed by atoms with van der Waals surface area (Å²) in [6.45, 7) is 10.6. The van der Waals surface area contributed by atoms with Gasteiger partial charge in [-0.1, -0.05) is 39.0 Å². The monoisotopic (exact) mass is 424 g/mol. The summed E-state index contributed by atoms with van der Waals surface area (Å²) in [7, 11) is 0. The van der Waals surface area contributed by atoms with Gasteiger partial charge in [-0.25, -0.2) is 4.98 Å². The molecule has 0 atom stereocenters. The molecule has 0 aliphatic carbocycles. The van der Waals surface area contributed by atoms with Crippen LogP contribution in [0.4, 0.5) is 0 Å². The summed E-state index contributed by atoms with van der Waals surface area (Å²) in [6, 6.07) is 14.4. The van der Waals surface area contributed by atoms with Gasteiger partial charge in [-0.05, 0) is 53.3 Å². The first-order valence-electron chi connectivity index (χ1n) is 11.0. The fourth-order valence-corrected chi connectivity index (χ4v) is 4.04. The van der Waals surface area contributed by atoms with Crippen LogP contribution >= 0.6 is 0 Å². The summed E-state index contributed by atoms with van der Waals surface area (Å²) in [5.41, 5.74) is 8.72. The van der Waals surface area contributed by atoms with E-state index in [-0.39, 0.29) is 5.41 Å². The molecule has 162 valence electrons. The second kappa shape index (κ2) is 7.88. The lowest BCUT2D eigenvalue weighted by atomic mass is 9.96. The fraction of sp³-hybridized carbons (Fsp3) is 0.269. The van der Waals surface area contributed by atoms with Crippen LogP contribution in [0.15, 0.2) is 54.9 Å². The van der Waals surface area contributed by atoms with Crippen LogP contribution in [-0.4, -0.2) is 31.7 Å². The Morgan fingerprint density at radius 1 is 1.00 bits per heavy atom. The molecule has 0 spiro atoms. The molecule has 5 rings (SSSR count). The van der Waals surface area contributed by atoms with Crippen molar-refractivity contribution in [1.29, 1.82) is 0 Å². The van der Waals surface area contributed by atoms with Crippen molar-refractivity contribution in [2.45, 2.75) is 34.2 Å². The molecular weight excluding hydrogens is 396 g/mol. The molecule has 0 amide bonds. The summed E-state index contributed by atoms with van der Waals surface area (Å²) in [4.78, 5) is 12.7. The largest absolute Gasteiger partial charge is 0.337 e. The van der Waals surface area contributed by atoms with E-state index in [0.29, 0.717) is 0 Å². The van der Waals surface area contributed by atoms with Gasteiger partial charge in [0.1, 0.15) is 5.69 Å². The summed E-state index contributed by atoms with van der Waals surface area (Å²) >= 11 is 0. The SMILES string of the molecule is Cc1c(CNCC(C)(C)C)cncc1-c1ccc2[nH]nc(-c3nc4ccccc4[nH]3)c2c1. The molecule has 32 heavy (non-hydrogen) atoms. The van der Waals surface area contributed by atoms with E-state index in [1.807, 2.05) is 36.7 Å². The maximum absolute atomic E-state index is 4.73. The molecule has 6 nitrogen and oxygen atoms in total. The molecule has 0 saturated carbocycles. The minimum Gasteiger partial charge on any atom is -0.337 e. The molecule has 2 aromatic carbocycles. The number of nitrogens with one attached hydrogen (secondary N) is 3. The number of rotatable bonds is 5. The number of imidazole rings is 1. The van der Waals surface area contributed by atoms with Crippen LogP contribution in [0, 0.1) is 12.3 Å². The lowest BCUT2D eigenvalue weighted by Gasteiger charge is -2.19. The highest BCUT2D eigenvalue weighted by molar-refractivity contribution is 5.95. The molecule has 0 aliphatic heterocycles. The molecule has 3 aromatic heterocycles. The van der Waals surface area contributed by atoms with E-state index in [1.165, 1.54) is 11.1 Å². The number of hydrogen-bond acceptors (Lipinski definition) is 4. The Morgan fingerprint density at radius 3 is 2.66 bits per heavy atom. The van der Waals surface area contributed by atoms with Gasteiger partial charge in [-0.2, -0.15) is 5.10 Å². The third-order valence-electron chi connectivity index (χ3n) is 5.78. The van der Waals surface area contributed by atoms with Crippen LogP contribution in [0.3, 0.4) is 0 Å². The number of H-pyrrole nitrogens is 2. The van der Waals surface area contributed by atoms with Crippen molar-refractivity contribution in [3.8, 4) is 22.6 Å². The normalized spacial score (nSPS) is 12.1. The van der Waals surface area contributed by atoms with Crippen LogP contribution in [0.5, 0.6) is 0 Å². The predicted molar refractivity (Wildman–Crippen MR) is 130 cm³/mol. The first-order valence-corrected chi connectivity index (χ1v) is 11.0. The highest BCUT2D eigenvalue weighted by atomic mass is 15.1. The van der Waals surface area contributed by atoms with Crippen LogP contribution < -0.4 is 5.32 Å². The Labute approximate surface area is 187 Å². The minimum absolute atomic E-state index is 0.248. The zero-order valence-electron chi connectivity index (χ0n) is 19.0. The van der Waals surface area contributed by atoms with Gasteiger partial charge in [0.25, 0.3) is 0 Å². The van der Waals surface area contributed by atoms with Crippen molar-refractivity contribution < 1.29 is 0 Å². The number of nitrogens with zero attached hydrogens (tertiary/aromatic N) is 3. The first kappa shape index (κ1) is 20.4. The number of hydrogen-bond donors (Lipinski definition) is 3. The summed E-state index contributed by atoms with van der Waals surface area (Å²) in [5, 5.41) is 12.3. The second-order valence-electron chi connectivity index (χ2n) is 9.57. The number of fused-ring (bicyclic) bond motifs is 2. The van der Waals surface area contributed by atoms with Gasteiger partial charge < -0.3 is 10.3 Å². The van der Waals surface area contributed by atoms with Crippen molar-refractivity contribution in [2.24, 2.45) is 5.41 Å². The number of benzene rings is 2. The van der Waals surface area contributed by atoms with Crippen molar-refractivity contribution in [3.63, 3.8) is 0 Å². The van der Waals surface area contributed by atoms with Crippen LogP contribution in [-0.2, 0) is 6.54 Å². The number of aromatic amines is 2. The molecule has 6 heteroatoms. The lowest BCUT2D eigenvalue weighted by molar-refractivity contribution is 0.379. The average molecular weight is 425 g/mol. The van der Waals surface area contributed by atoms with Gasteiger partial charge in [-0.15, -0.1) is 0 Å². The number of pyridine rings is 1. The molecule has 0 saturated heterocycles. The van der Waals surface area contributed by atoms with Gasteiger partial charge in [-0.3, -0.25) is 10.1 Å². The average Bonchev–Trinajstić information content (AvgIpc) is 3.37. The lowest BCUT2D eigenvalue weighted by Crippen LogP contribution is -2.26. The topological polar surface area (TPSA) is 82.3 Å². The van der Waals surface area contributed by atoms with Crippen LogP contribution in [0.2, 0.25) is 0 Å². The van der Waals surface area contributed by atoms with Gasteiger partial charge in [0, 0.05) is 36.4 Å². The van der Waals surface area contributed by atoms with Crippen LogP contribution in [0.1, 0.15) is 31.9 Å². The van der Waals surface area contributed by atoms with Crippen LogP contribution in [0.25, 0.3) is 44.6 Å². The Balaban J connectivity index is 1.51. The molecule has 3 heterocycles. The van der Waals surface area contributed by atoms with Gasteiger partial charge in [0.2, 0.25) is 0 Å². The van der Waals surface area contributed by atoms with E-state index in [2.05, 4.69) is 71.4 Å². The van der Waals surface area contributed by atoms with Gasteiger partial charge in [0.15, 0.2) is 5.82 Å². The molecule has 5 aromatic rings. The van der Waals surface area contributed by atoms with Gasteiger partial charge >= 0.3 is 0 Å². The number of aromatic nitrogens is 5. The third-order valence-corrected chi connectivity index (χ3v) is 5.78. The van der Waals surface area contributed by atoms with Crippen molar-refractivity contribution >= 4 is 21.9 Å². The molecule has 0 unspecified atom stereocenters.